The monoisotopic (exact) mass is 327 g/mol. The molecule has 0 spiro atoms. The molecule has 0 aliphatic rings. The SMILES string of the molecule is CC(C)C(CNC(=O)CN(C)S(C)(=O)=O)Nc1ccccc1. The van der Waals surface area contributed by atoms with Gasteiger partial charge in [-0.1, -0.05) is 32.0 Å². The second-order valence-corrected chi connectivity index (χ2v) is 7.77. The fourth-order valence-electron chi connectivity index (χ4n) is 1.80. The zero-order valence-electron chi connectivity index (χ0n) is 13.5. The Hall–Kier alpha value is -1.60. The normalized spacial score (nSPS) is 13.2. The first-order chi connectivity index (χ1) is 10.2. The van der Waals surface area contributed by atoms with Crippen molar-refractivity contribution in [2.75, 3.05) is 31.7 Å². The standard InChI is InChI=1S/C15H25N3O3S/c1-12(2)14(17-13-8-6-5-7-9-13)10-16-15(19)11-18(3)22(4,20)21/h5-9,12,14,17H,10-11H2,1-4H3,(H,16,19). The van der Waals surface area contributed by atoms with E-state index >= 15 is 0 Å². The minimum atomic E-state index is -3.34. The number of sulfonamides is 1. The third-order valence-corrected chi connectivity index (χ3v) is 4.64. The fourth-order valence-corrected chi connectivity index (χ4v) is 2.15. The van der Waals surface area contributed by atoms with Crippen LogP contribution in [0.15, 0.2) is 30.3 Å². The summed E-state index contributed by atoms with van der Waals surface area (Å²) in [4.78, 5) is 11.8. The number of likely N-dealkylation sites (N-methyl/N-ethyl adjacent to an activating group) is 1. The molecule has 1 unspecified atom stereocenters. The van der Waals surface area contributed by atoms with Gasteiger partial charge >= 0.3 is 0 Å². The molecule has 0 heterocycles. The van der Waals surface area contributed by atoms with E-state index in [-0.39, 0.29) is 18.5 Å². The summed E-state index contributed by atoms with van der Waals surface area (Å²) in [5.41, 5.74) is 0.990. The largest absolute Gasteiger partial charge is 0.380 e. The molecule has 7 heteroatoms. The van der Waals surface area contributed by atoms with Crippen molar-refractivity contribution < 1.29 is 13.2 Å². The molecular formula is C15H25N3O3S. The topological polar surface area (TPSA) is 78.5 Å². The van der Waals surface area contributed by atoms with Crippen LogP contribution in [0, 0.1) is 5.92 Å². The molecule has 0 fully saturated rings. The van der Waals surface area contributed by atoms with Gasteiger partial charge in [-0.2, -0.15) is 4.31 Å². The van der Waals surface area contributed by atoms with Gasteiger partial charge in [0.2, 0.25) is 15.9 Å². The number of hydrogen-bond acceptors (Lipinski definition) is 4. The molecule has 1 aromatic carbocycles. The lowest BCUT2D eigenvalue weighted by atomic mass is 10.0. The average molecular weight is 327 g/mol. The second-order valence-electron chi connectivity index (χ2n) is 5.68. The fraction of sp³-hybridized carbons (Fsp3) is 0.533. The van der Waals surface area contributed by atoms with Gasteiger partial charge in [0, 0.05) is 25.3 Å². The first-order valence-corrected chi connectivity index (χ1v) is 9.04. The van der Waals surface area contributed by atoms with Crippen molar-refractivity contribution in [3.8, 4) is 0 Å². The van der Waals surface area contributed by atoms with E-state index < -0.39 is 10.0 Å². The zero-order chi connectivity index (χ0) is 16.8. The number of nitrogens with zero attached hydrogens (tertiary/aromatic N) is 1. The van der Waals surface area contributed by atoms with E-state index in [9.17, 15) is 13.2 Å². The number of amides is 1. The van der Waals surface area contributed by atoms with E-state index in [1.54, 1.807) is 0 Å². The smallest absolute Gasteiger partial charge is 0.235 e. The summed E-state index contributed by atoms with van der Waals surface area (Å²) in [6.45, 7) is 4.39. The number of hydrogen-bond donors (Lipinski definition) is 2. The highest BCUT2D eigenvalue weighted by Gasteiger charge is 2.18. The van der Waals surface area contributed by atoms with Crippen LogP contribution in [0.5, 0.6) is 0 Å². The Kier molecular flexibility index (Phi) is 6.83. The molecule has 1 atom stereocenters. The van der Waals surface area contributed by atoms with Gasteiger partial charge in [-0.3, -0.25) is 4.79 Å². The molecule has 0 bridgehead atoms. The lowest BCUT2D eigenvalue weighted by Gasteiger charge is -2.24. The molecule has 1 amide bonds. The molecule has 0 saturated heterocycles. The molecule has 6 nitrogen and oxygen atoms in total. The Morgan fingerprint density at radius 2 is 1.82 bits per heavy atom. The summed E-state index contributed by atoms with van der Waals surface area (Å²) in [7, 11) is -1.96. The van der Waals surface area contributed by atoms with E-state index in [0.29, 0.717) is 12.5 Å². The van der Waals surface area contributed by atoms with Crippen LogP contribution in [-0.4, -0.2) is 51.1 Å². The molecule has 0 saturated carbocycles. The second kappa shape index (κ2) is 8.14. The van der Waals surface area contributed by atoms with E-state index in [4.69, 9.17) is 0 Å². The first kappa shape index (κ1) is 18.4. The van der Waals surface area contributed by atoms with Crippen molar-refractivity contribution >= 4 is 21.6 Å². The van der Waals surface area contributed by atoms with Gasteiger partial charge in [-0.15, -0.1) is 0 Å². The summed E-state index contributed by atoms with van der Waals surface area (Å²) in [6.07, 6.45) is 1.08. The van der Waals surface area contributed by atoms with Gasteiger partial charge < -0.3 is 10.6 Å². The molecule has 0 aromatic heterocycles. The number of nitrogens with one attached hydrogen (secondary N) is 2. The van der Waals surface area contributed by atoms with Gasteiger partial charge in [0.15, 0.2) is 0 Å². The summed E-state index contributed by atoms with van der Waals surface area (Å²) in [6, 6.07) is 9.83. The van der Waals surface area contributed by atoms with Crippen LogP contribution >= 0.6 is 0 Å². The van der Waals surface area contributed by atoms with Crippen LogP contribution in [0.2, 0.25) is 0 Å². The predicted octanol–water partition coefficient (Wildman–Crippen LogP) is 1.13. The highest BCUT2D eigenvalue weighted by molar-refractivity contribution is 7.88. The van der Waals surface area contributed by atoms with E-state index in [1.807, 2.05) is 30.3 Å². The molecular weight excluding hydrogens is 302 g/mol. The Balaban J connectivity index is 2.53. The molecule has 0 radical (unpaired) electrons. The van der Waals surface area contributed by atoms with Crippen molar-refractivity contribution in [2.24, 2.45) is 5.92 Å². The maximum absolute atomic E-state index is 11.8. The number of benzene rings is 1. The van der Waals surface area contributed by atoms with Gasteiger partial charge in [-0.25, -0.2) is 8.42 Å². The van der Waals surface area contributed by atoms with Crippen LogP contribution in [0.1, 0.15) is 13.8 Å². The summed E-state index contributed by atoms with van der Waals surface area (Å²) in [5.74, 6) is 0.00146. The first-order valence-electron chi connectivity index (χ1n) is 7.19. The Morgan fingerprint density at radius 3 is 2.32 bits per heavy atom. The summed E-state index contributed by atoms with van der Waals surface area (Å²) >= 11 is 0. The lowest BCUT2D eigenvalue weighted by molar-refractivity contribution is -0.121. The van der Waals surface area contributed by atoms with Gasteiger partial charge in [0.05, 0.1) is 12.8 Å². The summed E-state index contributed by atoms with van der Waals surface area (Å²) < 4.78 is 23.6. The molecule has 2 N–H and O–H groups in total. The van der Waals surface area contributed by atoms with Crippen LogP contribution in [0.3, 0.4) is 0 Å². The van der Waals surface area contributed by atoms with Crippen molar-refractivity contribution in [1.29, 1.82) is 0 Å². The highest BCUT2D eigenvalue weighted by Crippen LogP contribution is 2.11. The molecule has 22 heavy (non-hydrogen) atoms. The van der Waals surface area contributed by atoms with Crippen LogP contribution in [0.4, 0.5) is 5.69 Å². The molecule has 1 rings (SSSR count). The predicted molar refractivity (Wildman–Crippen MR) is 89.2 cm³/mol. The van der Waals surface area contributed by atoms with Crippen molar-refractivity contribution in [2.45, 2.75) is 19.9 Å². The average Bonchev–Trinajstić information content (AvgIpc) is 2.43. The maximum Gasteiger partial charge on any atom is 0.235 e. The van der Waals surface area contributed by atoms with Crippen LogP contribution < -0.4 is 10.6 Å². The quantitative estimate of drug-likeness (QED) is 0.750. The molecule has 124 valence electrons. The Labute approximate surface area is 132 Å². The third kappa shape index (κ3) is 6.44. The molecule has 0 aliphatic carbocycles. The van der Waals surface area contributed by atoms with Crippen LogP contribution in [0.25, 0.3) is 0 Å². The number of para-hydroxylation sites is 1. The van der Waals surface area contributed by atoms with Gasteiger partial charge in [0.25, 0.3) is 0 Å². The van der Waals surface area contributed by atoms with E-state index in [0.717, 1.165) is 16.2 Å². The number of anilines is 1. The van der Waals surface area contributed by atoms with Crippen molar-refractivity contribution in [1.82, 2.24) is 9.62 Å². The lowest BCUT2D eigenvalue weighted by Crippen LogP contribution is -2.43. The Morgan fingerprint density at radius 1 is 1.23 bits per heavy atom. The number of rotatable bonds is 8. The summed E-state index contributed by atoms with van der Waals surface area (Å²) in [5, 5.41) is 6.15. The third-order valence-electron chi connectivity index (χ3n) is 3.38. The Bertz CT molecular complexity index is 573. The minimum Gasteiger partial charge on any atom is -0.380 e. The van der Waals surface area contributed by atoms with Gasteiger partial charge in [-0.05, 0) is 18.1 Å². The van der Waals surface area contributed by atoms with Gasteiger partial charge in [0.1, 0.15) is 0 Å². The van der Waals surface area contributed by atoms with E-state index in [2.05, 4.69) is 24.5 Å². The maximum atomic E-state index is 11.8. The molecule has 0 aliphatic heterocycles. The van der Waals surface area contributed by atoms with E-state index in [1.165, 1.54) is 7.05 Å². The highest BCUT2D eigenvalue weighted by atomic mass is 32.2. The van der Waals surface area contributed by atoms with Crippen molar-refractivity contribution in [3.05, 3.63) is 30.3 Å². The van der Waals surface area contributed by atoms with Crippen LogP contribution in [-0.2, 0) is 14.8 Å². The molecule has 1 aromatic rings. The zero-order valence-corrected chi connectivity index (χ0v) is 14.4. The number of carbonyl (C=O) groups excluding carboxylic acids is 1. The number of carbonyl (C=O) groups is 1. The van der Waals surface area contributed by atoms with Crippen molar-refractivity contribution in [3.63, 3.8) is 0 Å². The minimum absolute atomic E-state index is 0.0647.